The lowest BCUT2D eigenvalue weighted by Gasteiger charge is -2.08. The first-order valence-corrected chi connectivity index (χ1v) is 9.44. The quantitative estimate of drug-likeness (QED) is 0.343. The van der Waals surface area contributed by atoms with E-state index < -0.39 is 0 Å². The van der Waals surface area contributed by atoms with Gasteiger partial charge in [-0.25, -0.2) is 4.98 Å². The van der Waals surface area contributed by atoms with E-state index in [9.17, 15) is 4.79 Å². The molecule has 0 radical (unpaired) electrons. The van der Waals surface area contributed by atoms with E-state index in [4.69, 9.17) is 15.3 Å². The highest BCUT2D eigenvalue weighted by Gasteiger charge is 2.05. The van der Waals surface area contributed by atoms with E-state index >= 15 is 0 Å². The van der Waals surface area contributed by atoms with Crippen LogP contribution in [0.25, 0.3) is 0 Å². The molecular formula is C20H20N4O3S. The highest BCUT2D eigenvalue weighted by Crippen LogP contribution is 2.22. The molecule has 0 atom stereocenters. The molecule has 1 heterocycles. The number of anilines is 1. The van der Waals surface area contributed by atoms with Gasteiger partial charge in [-0.1, -0.05) is 23.4 Å². The monoisotopic (exact) mass is 396 g/mol. The zero-order valence-corrected chi connectivity index (χ0v) is 16.1. The number of carbonyl (C=O) groups excluding carboxylic acids is 1. The molecular weight excluding hydrogens is 376 g/mol. The first-order chi connectivity index (χ1) is 13.6. The lowest BCUT2D eigenvalue weighted by atomic mass is 10.3. The van der Waals surface area contributed by atoms with Gasteiger partial charge in [-0.15, -0.1) is 11.3 Å². The maximum atomic E-state index is 11.9. The third kappa shape index (κ3) is 6.10. The molecule has 0 saturated heterocycles. The Morgan fingerprint density at radius 2 is 1.86 bits per heavy atom. The number of hydrogen-bond acceptors (Lipinski definition) is 6. The number of hydrogen-bond donors (Lipinski definition) is 2. The molecule has 3 N–H and O–H groups in total. The average molecular weight is 396 g/mol. The van der Waals surface area contributed by atoms with E-state index in [1.807, 2.05) is 42.6 Å². The van der Waals surface area contributed by atoms with Gasteiger partial charge >= 0.3 is 0 Å². The zero-order valence-electron chi connectivity index (χ0n) is 15.3. The predicted octanol–water partition coefficient (Wildman–Crippen LogP) is 3.71. The van der Waals surface area contributed by atoms with Gasteiger partial charge in [0.15, 0.2) is 6.61 Å². The van der Waals surface area contributed by atoms with E-state index in [0.717, 1.165) is 16.5 Å². The number of nitrogens with two attached hydrogens (primary N) is 1. The second-order valence-electron chi connectivity index (χ2n) is 5.88. The Hall–Kier alpha value is -3.39. The second-order valence-corrected chi connectivity index (χ2v) is 6.94. The average Bonchev–Trinajstić information content (AvgIpc) is 3.09. The Labute approximate surface area is 166 Å². The summed E-state index contributed by atoms with van der Waals surface area (Å²) in [5.41, 5.74) is 7.23. The van der Waals surface area contributed by atoms with Gasteiger partial charge in [0, 0.05) is 11.1 Å². The zero-order chi connectivity index (χ0) is 19.8. The largest absolute Gasteiger partial charge is 0.457 e. The minimum absolute atomic E-state index is 0.237. The highest BCUT2D eigenvalue weighted by molar-refractivity contribution is 7.09. The Kier molecular flexibility index (Phi) is 6.59. The van der Waals surface area contributed by atoms with Crippen LogP contribution in [0, 0.1) is 6.92 Å². The highest BCUT2D eigenvalue weighted by atomic mass is 32.1. The molecule has 1 amide bonds. The molecule has 0 spiro atoms. The number of nitrogens with zero attached hydrogens (tertiary/aromatic N) is 2. The van der Waals surface area contributed by atoms with Crippen LogP contribution in [0.5, 0.6) is 11.5 Å². The Bertz CT molecular complexity index is 940. The molecule has 8 heteroatoms. The second kappa shape index (κ2) is 9.52. The van der Waals surface area contributed by atoms with Crippen molar-refractivity contribution in [1.82, 2.24) is 4.98 Å². The van der Waals surface area contributed by atoms with Crippen molar-refractivity contribution in [3.63, 3.8) is 0 Å². The molecule has 0 unspecified atom stereocenters. The summed E-state index contributed by atoms with van der Waals surface area (Å²) in [5, 5.41) is 9.34. The van der Waals surface area contributed by atoms with Crippen LogP contribution < -0.4 is 15.8 Å². The summed E-state index contributed by atoms with van der Waals surface area (Å²) in [6.07, 6.45) is 0.384. The van der Waals surface area contributed by atoms with Crippen LogP contribution in [-0.2, 0) is 16.1 Å². The van der Waals surface area contributed by atoms with E-state index in [1.165, 1.54) is 0 Å². The number of carbonyl (C=O) groups is 1. The van der Waals surface area contributed by atoms with E-state index in [2.05, 4.69) is 15.5 Å². The molecule has 28 heavy (non-hydrogen) atoms. The minimum Gasteiger partial charge on any atom is -0.457 e. The first kappa shape index (κ1) is 19.4. The molecule has 0 aliphatic heterocycles. The molecule has 144 valence electrons. The number of oxime groups is 1. The maximum absolute atomic E-state index is 11.9. The fourth-order valence-corrected chi connectivity index (χ4v) is 2.92. The van der Waals surface area contributed by atoms with Crippen molar-refractivity contribution in [1.29, 1.82) is 0 Å². The van der Waals surface area contributed by atoms with Crippen LogP contribution in [0.2, 0.25) is 0 Å². The molecule has 7 nitrogen and oxygen atoms in total. The van der Waals surface area contributed by atoms with Crippen molar-refractivity contribution in [3.05, 3.63) is 70.7 Å². The third-order valence-electron chi connectivity index (χ3n) is 3.52. The van der Waals surface area contributed by atoms with Crippen LogP contribution in [0.1, 0.15) is 10.7 Å². The predicted molar refractivity (Wildman–Crippen MR) is 110 cm³/mol. The molecule has 2 aromatic carbocycles. The SMILES string of the molecule is Cc1nc(CC(N)=NOCC(=O)Nc2ccc(Oc3ccccc3)cc2)cs1. The fourth-order valence-electron chi connectivity index (χ4n) is 2.31. The Balaban J connectivity index is 1.43. The normalized spacial score (nSPS) is 11.1. The van der Waals surface area contributed by atoms with Gasteiger partial charge in [0.1, 0.15) is 17.3 Å². The molecule has 0 saturated carbocycles. The number of aromatic nitrogens is 1. The van der Waals surface area contributed by atoms with E-state index in [0.29, 0.717) is 17.9 Å². The summed E-state index contributed by atoms with van der Waals surface area (Å²) in [4.78, 5) is 21.3. The van der Waals surface area contributed by atoms with E-state index in [1.54, 1.807) is 35.6 Å². The number of aryl methyl sites for hydroxylation is 1. The molecule has 0 aliphatic rings. The van der Waals surface area contributed by atoms with Gasteiger partial charge in [-0.3, -0.25) is 4.79 Å². The summed E-state index contributed by atoms with van der Waals surface area (Å²) in [5.74, 6) is 1.35. The number of ether oxygens (including phenoxy) is 1. The van der Waals surface area contributed by atoms with E-state index in [-0.39, 0.29) is 18.3 Å². The van der Waals surface area contributed by atoms with Crippen molar-refractivity contribution >= 4 is 28.8 Å². The maximum Gasteiger partial charge on any atom is 0.265 e. The Morgan fingerprint density at radius 1 is 1.14 bits per heavy atom. The number of benzene rings is 2. The topological polar surface area (TPSA) is 98.8 Å². The standard InChI is InChI=1S/C20H20N4O3S/c1-14-22-16(13-28-14)11-19(21)24-26-12-20(25)23-15-7-9-18(10-8-15)27-17-5-3-2-4-6-17/h2-10,13H,11-12H2,1H3,(H2,21,24)(H,23,25). The summed E-state index contributed by atoms with van der Waals surface area (Å²) >= 11 is 1.54. The number of thiazole rings is 1. The van der Waals surface area contributed by atoms with Crippen molar-refractivity contribution in [3.8, 4) is 11.5 Å². The van der Waals surface area contributed by atoms with Crippen LogP contribution in [0.15, 0.2) is 65.1 Å². The smallest absolute Gasteiger partial charge is 0.265 e. The molecule has 3 rings (SSSR count). The lowest BCUT2D eigenvalue weighted by Crippen LogP contribution is -2.20. The minimum atomic E-state index is -0.335. The van der Waals surface area contributed by atoms with Gasteiger partial charge in [-0.2, -0.15) is 0 Å². The molecule has 1 aromatic heterocycles. The molecule has 0 fully saturated rings. The van der Waals surface area contributed by atoms with Crippen molar-refractivity contribution < 1.29 is 14.4 Å². The van der Waals surface area contributed by atoms with Crippen molar-refractivity contribution in [2.24, 2.45) is 10.9 Å². The summed E-state index contributed by atoms with van der Waals surface area (Å²) in [6.45, 7) is 1.68. The number of amides is 1. The number of amidine groups is 1. The van der Waals surface area contributed by atoms with Crippen molar-refractivity contribution in [2.45, 2.75) is 13.3 Å². The summed E-state index contributed by atoms with van der Waals surface area (Å²) in [7, 11) is 0. The lowest BCUT2D eigenvalue weighted by molar-refractivity contribution is -0.120. The molecule has 0 bridgehead atoms. The number of para-hydroxylation sites is 1. The van der Waals surface area contributed by atoms with Gasteiger partial charge in [-0.05, 0) is 43.3 Å². The first-order valence-electron chi connectivity index (χ1n) is 8.56. The summed E-state index contributed by atoms with van der Waals surface area (Å²) < 4.78 is 5.71. The number of nitrogens with one attached hydrogen (secondary N) is 1. The van der Waals surface area contributed by atoms with Gasteiger partial charge in [0.25, 0.3) is 5.91 Å². The summed E-state index contributed by atoms with van der Waals surface area (Å²) in [6, 6.07) is 16.5. The third-order valence-corrected chi connectivity index (χ3v) is 4.35. The van der Waals surface area contributed by atoms with Gasteiger partial charge in [0.05, 0.1) is 17.1 Å². The van der Waals surface area contributed by atoms with Crippen LogP contribution in [0.4, 0.5) is 5.69 Å². The Morgan fingerprint density at radius 3 is 2.54 bits per heavy atom. The fraction of sp³-hybridized carbons (Fsp3) is 0.150. The van der Waals surface area contributed by atoms with Crippen LogP contribution in [-0.4, -0.2) is 23.3 Å². The van der Waals surface area contributed by atoms with Crippen molar-refractivity contribution in [2.75, 3.05) is 11.9 Å². The molecule has 3 aromatic rings. The van der Waals surface area contributed by atoms with Crippen LogP contribution in [0.3, 0.4) is 0 Å². The van der Waals surface area contributed by atoms with Crippen LogP contribution >= 0.6 is 11.3 Å². The number of rotatable bonds is 8. The van der Waals surface area contributed by atoms with Gasteiger partial charge < -0.3 is 20.6 Å². The molecule has 0 aliphatic carbocycles. The van der Waals surface area contributed by atoms with Gasteiger partial charge in [0.2, 0.25) is 0 Å².